The van der Waals surface area contributed by atoms with Crippen molar-refractivity contribution in [3.63, 3.8) is 0 Å². The maximum atomic E-state index is 12.3. The van der Waals surface area contributed by atoms with E-state index in [4.69, 9.17) is 21.1 Å². The standard InChI is InChI=1S/C21H22ClN3O3S/c1-13(15-6-4-5-7-17(15)22)23-11-20(26)25-21-24-18(12-29-21)16-9-8-14(27-2)10-19(16)28-3/h4-10,12-13,23H,11H2,1-3H3,(H,24,25,26). The van der Waals surface area contributed by atoms with Crippen LogP contribution in [-0.2, 0) is 4.79 Å². The summed E-state index contributed by atoms with van der Waals surface area (Å²) in [6, 6.07) is 13.0. The lowest BCUT2D eigenvalue weighted by atomic mass is 10.1. The molecular weight excluding hydrogens is 410 g/mol. The number of carbonyl (C=O) groups excluding carboxylic acids is 1. The number of methoxy groups -OCH3 is 2. The molecule has 29 heavy (non-hydrogen) atoms. The van der Waals surface area contributed by atoms with Crippen LogP contribution in [0.2, 0.25) is 5.02 Å². The van der Waals surface area contributed by atoms with Crippen LogP contribution >= 0.6 is 22.9 Å². The fourth-order valence-electron chi connectivity index (χ4n) is 2.81. The molecule has 1 aromatic heterocycles. The summed E-state index contributed by atoms with van der Waals surface area (Å²) in [5, 5.41) is 9.07. The van der Waals surface area contributed by atoms with E-state index in [2.05, 4.69) is 15.6 Å². The number of benzene rings is 2. The van der Waals surface area contributed by atoms with E-state index in [1.165, 1.54) is 11.3 Å². The van der Waals surface area contributed by atoms with Crippen LogP contribution in [0.15, 0.2) is 47.8 Å². The summed E-state index contributed by atoms with van der Waals surface area (Å²) in [5.41, 5.74) is 2.50. The molecular formula is C21H22ClN3O3S. The monoisotopic (exact) mass is 431 g/mol. The van der Waals surface area contributed by atoms with Gasteiger partial charge in [-0.15, -0.1) is 11.3 Å². The van der Waals surface area contributed by atoms with Gasteiger partial charge in [0.1, 0.15) is 11.5 Å². The van der Waals surface area contributed by atoms with Crippen LogP contribution in [0, 0.1) is 0 Å². The van der Waals surface area contributed by atoms with Crippen molar-refractivity contribution in [3.8, 4) is 22.8 Å². The van der Waals surface area contributed by atoms with Gasteiger partial charge >= 0.3 is 0 Å². The fraction of sp³-hybridized carbons (Fsp3) is 0.238. The van der Waals surface area contributed by atoms with Crippen LogP contribution in [0.1, 0.15) is 18.5 Å². The minimum atomic E-state index is -0.175. The van der Waals surface area contributed by atoms with Gasteiger partial charge in [0.2, 0.25) is 5.91 Å². The molecule has 1 amide bonds. The zero-order chi connectivity index (χ0) is 20.8. The van der Waals surface area contributed by atoms with Crippen LogP contribution < -0.4 is 20.1 Å². The Morgan fingerprint density at radius 1 is 1.21 bits per heavy atom. The van der Waals surface area contributed by atoms with Crippen molar-refractivity contribution in [2.24, 2.45) is 0 Å². The van der Waals surface area contributed by atoms with Gasteiger partial charge in [0.15, 0.2) is 5.13 Å². The predicted molar refractivity (Wildman–Crippen MR) is 117 cm³/mol. The number of anilines is 1. The molecule has 3 aromatic rings. The molecule has 0 fully saturated rings. The number of hydrogen-bond donors (Lipinski definition) is 2. The van der Waals surface area contributed by atoms with Gasteiger partial charge in [-0.1, -0.05) is 29.8 Å². The number of halogens is 1. The van der Waals surface area contributed by atoms with E-state index in [1.807, 2.05) is 48.7 Å². The average molecular weight is 432 g/mol. The third kappa shape index (κ3) is 5.26. The van der Waals surface area contributed by atoms with Crippen LogP contribution in [0.4, 0.5) is 5.13 Å². The molecule has 1 unspecified atom stereocenters. The Balaban J connectivity index is 1.61. The van der Waals surface area contributed by atoms with Gasteiger partial charge in [-0.2, -0.15) is 0 Å². The van der Waals surface area contributed by atoms with E-state index >= 15 is 0 Å². The van der Waals surface area contributed by atoms with E-state index in [1.54, 1.807) is 20.3 Å². The summed E-state index contributed by atoms with van der Waals surface area (Å²) in [7, 11) is 3.20. The van der Waals surface area contributed by atoms with Crippen molar-refractivity contribution < 1.29 is 14.3 Å². The van der Waals surface area contributed by atoms with Gasteiger partial charge in [0.25, 0.3) is 0 Å². The molecule has 0 aliphatic rings. The summed E-state index contributed by atoms with van der Waals surface area (Å²) in [5.74, 6) is 1.18. The Hall–Kier alpha value is -2.61. The predicted octanol–water partition coefficient (Wildman–Crippen LogP) is 4.77. The van der Waals surface area contributed by atoms with Crippen LogP contribution in [0.3, 0.4) is 0 Å². The smallest absolute Gasteiger partial charge is 0.240 e. The largest absolute Gasteiger partial charge is 0.497 e. The molecule has 0 aliphatic carbocycles. The fourth-order valence-corrected chi connectivity index (χ4v) is 3.84. The topological polar surface area (TPSA) is 72.5 Å². The van der Waals surface area contributed by atoms with E-state index < -0.39 is 0 Å². The van der Waals surface area contributed by atoms with Crippen LogP contribution in [0.25, 0.3) is 11.3 Å². The number of hydrogen-bond acceptors (Lipinski definition) is 6. The lowest BCUT2D eigenvalue weighted by molar-refractivity contribution is -0.115. The highest BCUT2D eigenvalue weighted by Gasteiger charge is 2.14. The Labute approximate surface area is 178 Å². The number of rotatable bonds is 8. The quantitative estimate of drug-likeness (QED) is 0.537. The van der Waals surface area contributed by atoms with Gasteiger partial charge < -0.3 is 20.1 Å². The summed E-state index contributed by atoms with van der Waals surface area (Å²) in [4.78, 5) is 16.8. The molecule has 2 aromatic carbocycles. The van der Waals surface area contributed by atoms with Crippen molar-refractivity contribution in [2.75, 3.05) is 26.1 Å². The first-order valence-corrected chi connectivity index (χ1v) is 10.2. The summed E-state index contributed by atoms with van der Waals surface area (Å²) < 4.78 is 10.6. The van der Waals surface area contributed by atoms with E-state index in [9.17, 15) is 4.79 Å². The van der Waals surface area contributed by atoms with Crippen LogP contribution in [0.5, 0.6) is 11.5 Å². The van der Waals surface area contributed by atoms with E-state index in [0.29, 0.717) is 21.7 Å². The van der Waals surface area contributed by atoms with E-state index in [-0.39, 0.29) is 18.5 Å². The number of amides is 1. The molecule has 0 saturated carbocycles. The Morgan fingerprint density at radius 3 is 2.72 bits per heavy atom. The van der Waals surface area contributed by atoms with E-state index in [0.717, 1.165) is 16.8 Å². The van der Waals surface area contributed by atoms with Crippen molar-refractivity contribution in [2.45, 2.75) is 13.0 Å². The number of aromatic nitrogens is 1. The highest BCUT2D eigenvalue weighted by atomic mass is 35.5. The number of nitrogens with one attached hydrogen (secondary N) is 2. The number of thiazole rings is 1. The molecule has 0 bridgehead atoms. The molecule has 0 spiro atoms. The highest BCUT2D eigenvalue weighted by Crippen LogP contribution is 2.34. The minimum absolute atomic E-state index is 0.0510. The second kappa shape index (κ2) is 9.73. The third-order valence-corrected chi connectivity index (χ3v) is 5.48. The van der Waals surface area contributed by atoms with Gasteiger partial charge in [0, 0.05) is 28.1 Å². The van der Waals surface area contributed by atoms with Gasteiger partial charge in [0.05, 0.1) is 26.5 Å². The molecule has 0 aliphatic heterocycles. The minimum Gasteiger partial charge on any atom is -0.497 e. The molecule has 1 heterocycles. The number of carbonyl (C=O) groups is 1. The molecule has 0 radical (unpaired) electrons. The molecule has 8 heteroatoms. The van der Waals surface area contributed by atoms with Gasteiger partial charge in [-0.05, 0) is 30.7 Å². The zero-order valence-electron chi connectivity index (χ0n) is 16.4. The Kier molecular flexibility index (Phi) is 7.09. The second-order valence-corrected chi connectivity index (χ2v) is 7.54. The second-order valence-electron chi connectivity index (χ2n) is 6.28. The number of nitrogens with zero attached hydrogens (tertiary/aromatic N) is 1. The molecule has 152 valence electrons. The summed E-state index contributed by atoms with van der Waals surface area (Å²) >= 11 is 7.56. The third-order valence-electron chi connectivity index (χ3n) is 4.38. The Bertz CT molecular complexity index is 993. The Morgan fingerprint density at radius 2 is 2.00 bits per heavy atom. The maximum Gasteiger partial charge on any atom is 0.240 e. The highest BCUT2D eigenvalue weighted by molar-refractivity contribution is 7.14. The lowest BCUT2D eigenvalue weighted by Crippen LogP contribution is -2.30. The zero-order valence-corrected chi connectivity index (χ0v) is 17.9. The van der Waals surface area contributed by atoms with Crippen molar-refractivity contribution >= 4 is 34.0 Å². The van der Waals surface area contributed by atoms with Crippen molar-refractivity contribution in [1.29, 1.82) is 0 Å². The molecule has 6 nitrogen and oxygen atoms in total. The first-order chi connectivity index (χ1) is 14.0. The van der Waals surface area contributed by atoms with Crippen molar-refractivity contribution in [1.82, 2.24) is 10.3 Å². The normalized spacial score (nSPS) is 11.7. The molecule has 1 atom stereocenters. The van der Waals surface area contributed by atoms with Crippen molar-refractivity contribution in [3.05, 3.63) is 58.4 Å². The summed E-state index contributed by atoms with van der Waals surface area (Å²) in [6.45, 7) is 2.11. The molecule has 3 rings (SSSR count). The lowest BCUT2D eigenvalue weighted by Gasteiger charge is -2.15. The maximum absolute atomic E-state index is 12.3. The number of ether oxygens (including phenoxy) is 2. The summed E-state index contributed by atoms with van der Waals surface area (Å²) in [6.07, 6.45) is 0. The first kappa shape index (κ1) is 21.1. The first-order valence-electron chi connectivity index (χ1n) is 8.97. The SMILES string of the molecule is COc1ccc(-c2csc(NC(=O)CNC(C)c3ccccc3Cl)n2)c(OC)c1. The van der Waals surface area contributed by atoms with Crippen LogP contribution in [-0.4, -0.2) is 31.7 Å². The van der Waals surface area contributed by atoms with Gasteiger partial charge in [-0.3, -0.25) is 4.79 Å². The average Bonchev–Trinajstić information content (AvgIpc) is 3.19. The molecule has 0 saturated heterocycles. The van der Waals surface area contributed by atoms with Gasteiger partial charge in [-0.25, -0.2) is 4.98 Å². The molecule has 2 N–H and O–H groups in total.